The number of aliphatic carboxylic acids is 1. The van der Waals surface area contributed by atoms with Gasteiger partial charge < -0.3 is 30.1 Å². The number of carboxylic acids is 1. The number of nitrogens with two attached hydrogens (primary N) is 2. The van der Waals surface area contributed by atoms with E-state index in [4.69, 9.17) is 40.9 Å². The molecule has 0 spiro atoms. The summed E-state index contributed by atoms with van der Waals surface area (Å²) in [4.78, 5) is 157. The van der Waals surface area contributed by atoms with Gasteiger partial charge in [0.15, 0.2) is 29.9 Å². The number of rotatable bonds is 15. The smallest absolute Gasteiger partial charge is 0.353 e. The number of carbonyl (C=O) groups excluding carboxylic acids is 8. The summed E-state index contributed by atoms with van der Waals surface area (Å²) < 4.78 is 66.1. The molecule has 0 unspecified atom stereocenters. The first-order valence-corrected chi connectivity index (χ1v) is 45.3. The Bertz CT molecular complexity index is 5930. The molecule has 0 saturated carbocycles. The Morgan fingerprint density at radius 2 is 0.806 bits per heavy atom. The summed E-state index contributed by atoms with van der Waals surface area (Å²) in [6.45, 7) is 2.03. The van der Waals surface area contributed by atoms with E-state index in [1.54, 1.807) is 135 Å². The second kappa shape index (κ2) is 51.0. The monoisotopic (exact) mass is 2310 g/mol. The van der Waals surface area contributed by atoms with E-state index in [9.17, 15) is 75.4 Å². The predicted molar refractivity (Wildman–Crippen MR) is 503 cm³/mol. The van der Waals surface area contributed by atoms with Gasteiger partial charge in [0, 0.05) is 103 Å². The van der Waals surface area contributed by atoms with Crippen molar-refractivity contribution in [3.05, 3.63) is 332 Å². The van der Waals surface area contributed by atoms with Crippen LogP contribution < -0.4 is 16.2 Å². The van der Waals surface area contributed by atoms with Crippen molar-refractivity contribution in [3.8, 4) is 22.6 Å². The molecule has 43 heteroatoms. The van der Waals surface area contributed by atoms with Crippen molar-refractivity contribution in [1.29, 1.82) is 0 Å². The van der Waals surface area contributed by atoms with Crippen molar-refractivity contribution in [2.75, 3.05) is 22.8 Å². The standard InChI is InChI=1S/C23H16N4O5S.C14H9N3O4.C14H11N3O2.C9H6ClNO3S.C8H3NO5.C6H8N2.C2H4O2.CH2I2.2CH3I.2CH4.HI/c28-22-18-2-1-3-19(21(18)23(29)27(22)13-15-8-10-24-11-9-15)26-33(30,31)17-6-4-16(5-7-17)20-12-25-14-32-20;18-13-10-2-1-3-11(17(20)21)12(10)14(19)16(13)8-9-4-6-15-7-5-9;15-11-3-1-2-10-12(11)14(19)17(13(10)18)8-9-4-6-16-7-5-9;10-15(12,13)8-3-1-7(2-4-8)9-5-11-6-14-9;10-7-4-2-1-3-5(9(12)13)6(4)8(11)14-7;7-5-6-1-3-8-4-2-6;1-2(3)4;2-1-3;2*1-2;;;/h1-12,14,26H,13H2;1-7H,8H2;1-7H,8,15H2;1-6H;1-3H;1-4H,5,7H2;1H3,(H,3,4);1H2;2*1H3;2*1H4;1H. The number of carboxylic acid groups (broad SMARTS) is 1. The topological polar surface area (TPSA) is 515 Å². The third-order valence-electron chi connectivity index (χ3n) is 16.3. The van der Waals surface area contributed by atoms with Crippen LogP contribution >= 0.6 is 125 Å². The summed E-state index contributed by atoms with van der Waals surface area (Å²) in [6, 6.07) is 43.5. The number of alkyl halides is 4. The van der Waals surface area contributed by atoms with Crippen LogP contribution in [0.25, 0.3) is 22.6 Å². The first kappa shape index (κ1) is 105. The lowest BCUT2D eigenvalue weighted by Crippen LogP contribution is -2.29. The highest BCUT2D eigenvalue weighted by Crippen LogP contribution is 2.36. The molecule has 16 rings (SSSR count). The summed E-state index contributed by atoms with van der Waals surface area (Å²) in [6.07, 6.45) is 18.6. The second-order valence-electron chi connectivity index (χ2n) is 23.7. The number of nitrogens with one attached hydrogen (secondary N) is 1. The van der Waals surface area contributed by atoms with Crippen LogP contribution in [0, 0.1) is 20.2 Å². The number of anilines is 2. The number of nitro benzene ring substituents is 2. The number of aromatic nitrogens is 6. The minimum Gasteiger partial charge on any atom is -0.481 e. The number of cyclic esters (lactones) is 2. The molecular formula is C81H74ClI5N14O21S2. The van der Waals surface area contributed by atoms with E-state index in [1.807, 2.05) is 22.0 Å². The molecule has 10 heterocycles. The molecule has 6 N–H and O–H groups in total. The SMILES string of the molecule is C.C.CC(=O)O.CI.CI.I.ICI.NCc1ccncc1.Nc1cccc2c1C(=O)N(Cc1ccncc1)C2=O.O=C1OC(=O)c2c1cccc2[N+](=O)[O-].O=C1c2cccc(NS(=O)(=O)c3ccc(-c4cnco4)cc3)c2C(=O)N1Cc1ccncc1.O=C1c2cccc([N+](=O)[O-])c2C(=O)N1Cc1ccncc1.O=S(=O)(Cl)c1ccc(-c2cnco2)cc1. The first-order chi connectivity index (χ1) is 58.0. The first-order valence-electron chi connectivity index (χ1n) is 34.2. The molecule has 648 valence electrons. The Morgan fingerprint density at radius 1 is 0.476 bits per heavy atom. The molecule has 0 aliphatic carbocycles. The second-order valence-corrected chi connectivity index (χ2v) is 32.4. The van der Waals surface area contributed by atoms with Gasteiger partial charge in [0.05, 0.1) is 93.2 Å². The number of oxazole rings is 2. The van der Waals surface area contributed by atoms with Crippen molar-refractivity contribution in [1.82, 2.24) is 44.6 Å². The lowest BCUT2D eigenvalue weighted by molar-refractivity contribution is -0.385. The van der Waals surface area contributed by atoms with Crippen molar-refractivity contribution in [3.63, 3.8) is 0 Å². The van der Waals surface area contributed by atoms with Gasteiger partial charge >= 0.3 is 11.9 Å². The normalized spacial score (nSPS) is 11.9. The van der Waals surface area contributed by atoms with Gasteiger partial charge in [0.1, 0.15) is 5.56 Å². The number of nitrogen functional groups attached to an aromatic ring is 1. The van der Waals surface area contributed by atoms with E-state index in [0.29, 0.717) is 40.4 Å². The number of esters is 2. The molecule has 35 nitrogen and oxygen atoms in total. The molecule has 6 aromatic heterocycles. The maximum absolute atomic E-state index is 13.1. The quantitative estimate of drug-likeness (QED) is 0.00852. The highest BCUT2D eigenvalue weighted by molar-refractivity contribution is 14.2. The summed E-state index contributed by atoms with van der Waals surface area (Å²) in [7, 11) is -2.51. The van der Waals surface area contributed by atoms with E-state index in [1.165, 1.54) is 99.1 Å². The number of pyridine rings is 4. The molecule has 12 aromatic rings. The van der Waals surface area contributed by atoms with Crippen LogP contribution in [0.4, 0.5) is 22.7 Å². The third-order valence-corrected chi connectivity index (χ3v) is 19.0. The highest BCUT2D eigenvalue weighted by Gasteiger charge is 2.42. The lowest BCUT2D eigenvalue weighted by Gasteiger charge is -2.14. The van der Waals surface area contributed by atoms with Crippen molar-refractivity contribution >= 4 is 220 Å². The molecule has 0 fully saturated rings. The van der Waals surface area contributed by atoms with Gasteiger partial charge in [-0.1, -0.05) is 129 Å². The summed E-state index contributed by atoms with van der Waals surface area (Å²) >= 11 is 8.85. The van der Waals surface area contributed by atoms with Gasteiger partial charge in [-0.05, 0) is 166 Å². The fraction of sp³-hybridized carbons (Fsp3) is 0.123. The maximum atomic E-state index is 13.1. The molecule has 124 heavy (non-hydrogen) atoms. The fourth-order valence-corrected chi connectivity index (χ4v) is 12.8. The molecule has 6 aromatic carbocycles. The summed E-state index contributed by atoms with van der Waals surface area (Å²) in [5.41, 5.74) is 16.0. The molecular weight excluding hydrogens is 2240 g/mol. The molecule has 0 bridgehead atoms. The van der Waals surface area contributed by atoms with Crippen LogP contribution in [0.3, 0.4) is 0 Å². The molecule has 0 radical (unpaired) electrons. The van der Waals surface area contributed by atoms with Gasteiger partial charge in [0.25, 0.3) is 71.9 Å². The van der Waals surface area contributed by atoms with Gasteiger partial charge in [-0.25, -0.2) is 36.4 Å². The Hall–Kier alpha value is -11.4. The van der Waals surface area contributed by atoms with E-state index in [-0.39, 0.29) is 125 Å². The number of hydrogen-bond acceptors (Lipinski definition) is 28. The van der Waals surface area contributed by atoms with Crippen LogP contribution in [0.15, 0.2) is 263 Å². The van der Waals surface area contributed by atoms with Crippen LogP contribution in [0.5, 0.6) is 0 Å². The Kier molecular flexibility index (Phi) is 43.1. The molecule has 4 aliphatic heterocycles. The number of sulfonamides is 1. The number of ether oxygens (including phenoxy) is 1. The molecule has 4 aliphatic rings. The zero-order valence-electron chi connectivity index (χ0n) is 63.4. The van der Waals surface area contributed by atoms with E-state index in [0.717, 1.165) is 50.6 Å². The lowest BCUT2D eigenvalue weighted by atomic mass is 10.1. The molecule has 0 saturated heterocycles. The predicted octanol–water partition coefficient (Wildman–Crippen LogP) is 16.2. The number of carbonyl (C=O) groups is 9. The van der Waals surface area contributed by atoms with Crippen LogP contribution in [-0.4, -0.2) is 142 Å². The largest absolute Gasteiger partial charge is 0.481 e. The van der Waals surface area contributed by atoms with Crippen LogP contribution in [0.1, 0.15) is 127 Å². The number of benzene rings is 6. The number of halogens is 6. The average Bonchev–Trinajstić information content (AvgIpc) is 1.65. The molecule has 0 atom stereocenters. The van der Waals surface area contributed by atoms with E-state index in [2.05, 4.69) is 130 Å². The minimum atomic E-state index is -4.02. The number of imide groups is 3. The Balaban J connectivity index is 0.000000315. The van der Waals surface area contributed by atoms with Crippen molar-refractivity contribution in [2.24, 2.45) is 5.73 Å². The zero-order chi connectivity index (χ0) is 88.7. The van der Waals surface area contributed by atoms with E-state index >= 15 is 0 Å². The Labute approximate surface area is 786 Å². The van der Waals surface area contributed by atoms with Gasteiger partial charge in [-0.2, -0.15) is 0 Å². The third kappa shape index (κ3) is 28.0. The van der Waals surface area contributed by atoms with Crippen molar-refractivity contribution in [2.45, 2.75) is 57.7 Å². The van der Waals surface area contributed by atoms with Crippen LogP contribution in [0.2, 0.25) is 0 Å². The minimum absolute atomic E-state index is 0. The fourth-order valence-electron chi connectivity index (χ4n) is 11.0. The summed E-state index contributed by atoms with van der Waals surface area (Å²) in [5, 5.41) is 28.9. The highest BCUT2D eigenvalue weighted by atomic mass is 127. The van der Waals surface area contributed by atoms with E-state index < -0.39 is 76.1 Å². The Morgan fingerprint density at radius 3 is 1.16 bits per heavy atom. The number of nitrogens with zero attached hydrogens (tertiary/aromatic N) is 11. The zero-order valence-corrected chi connectivity index (χ0v) is 76.8. The van der Waals surface area contributed by atoms with Crippen molar-refractivity contribution < 1.29 is 88.5 Å². The number of hydrogen-bond donors (Lipinski definition) is 4. The number of fused-ring (bicyclic) bond motifs is 4. The maximum Gasteiger partial charge on any atom is 0.353 e. The summed E-state index contributed by atoms with van der Waals surface area (Å²) in [5.74, 6) is -4.39. The van der Waals surface area contributed by atoms with Gasteiger partial charge in [0.2, 0.25) is 0 Å². The number of nitro groups is 2. The van der Waals surface area contributed by atoms with Gasteiger partial charge in [-0.15, -0.1) is 24.0 Å². The number of amides is 6. The van der Waals surface area contributed by atoms with Crippen LogP contribution in [-0.2, 0) is 54.8 Å². The molecule has 6 amide bonds. The average molecular weight is 2310 g/mol. The van der Waals surface area contributed by atoms with Gasteiger partial charge in [-0.3, -0.25) is 93.1 Å².